The van der Waals surface area contributed by atoms with Gasteiger partial charge in [-0.15, -0.1) is 0 Å². The molecule has 0 unspecified atom stereocenters. The number of nitrogens with two attached hydrogens (primary N) is 1. The van der Waals surface area contributed by atoms with Crippen LogP contribution in [0.4, 0.5) is 20.4 Å². The van der Waals surface area contributed by atoms with Gasteiger partial charge in [0.05, 0.1) is 15.9 Å². The molecule has 9 nitrogen and oxygen atoms in total. The molecule has 3 aliphatic heterocycles. The van der Waals surface area contributed by atoms with E-state index in [0.717, 1.165) is 44.3 Å². The number of nitrogen functional groups attached to an aromatic ring is 1. The number of nitrogens with zero attached hydrogens (tertiary/aromatic N) is 6. The first-order valence-electron chi connectivity index (χ1n) is 14.0. The number of hydrogen-bond donors (Lipinski definition) is 2. The number of rotatable bonds is 6. The topological polar surface area (TPSA) is 105 Å². The second-order valence-corrected chi connectivity index (χ2v) is 11.8. The van der Waals surface area contributed by atoms with Crippen molar-refractivity contribution in [1.29, 1.82) is 0 Å². The average molecular weight is 581 g/mol. The number of ether oxygens (including phenoxy) is 1. The lowest BCUT2D eigenvalue weighted by molar-refractivity contribution is 0.107. The molecule has 0 aliphatic carbocycles. The molecular formula is C29H31ClF2N8O. The molecule has 6 heterocycles. The van der Waals surface area contributed by atoms with Crippen LogP contribution >= 0.6 is 11.6 Å². The number of hydrogen-bond acceptors (Lipinski definition) is 9. The third-order valence-corrected chi connectivity index (χ3v) is 9.16. The van der Waals surface area contributed by atoms with Gasteiger partial charge in [-0.05, 0) is 49.9 Å². The molecule has 1 aromatic carbocycles. The Hall–Kier alpha value is -3.41. The van der Waals surface area contributed by atoms with E-state index in [-0.39, 0.29) is 46.9 Å². The quantitative estimate of drug-likeness (QED) is 0.344. The number of halogens is 3. The largest absolute Gasteiger partial charge is 0.461 e. The lowest BCUT2D eigenvalue weighted by Crippen LogP contribution is -2.43. The predicted molar refractivity (Wildman–Crippen MR) is 156 cm³/mol. The fourth-order valence-electron chi connectivity index (χ4n) is 6.77. The molecule has 7 rings (SSSR count). The minimum Gasteiger partial charge on any atom is -0.461 e. The van der Waals surface area contributed by atoms with Crippen LogP contribution in [0.25, 0.3) is 33.1 Å². The first kappa shape index (κ1) is 26.5. The van der Waals surface area contributed by atoms with Crippen LogP contribution in [0.15, 0.2) is 30.5 Å². The maximum Gasteiger partial charge on any atom is 0.319 e. The normalized spacial score (nSPS) is 24.4. The van der Waals surface area contributed by atoms with Crippen molar-refractivity contribution in [2.45, 2.75) is 43.4 Å². The Morgan fingerprint density at radius 3 is 2.98 bits per heavy atom. The number of anilines is 2. The highest BCUT2D eigenvalue weighted by Gasteiger charge is 2.49. The molecule has 12 heteroatoms. The van der Waals surface area contributed by atoms with E-state index >= 15 is 4.39 Å². The highest BCUT2D eigenvalue weighted by atomic mass is 35.5. The number of alkyl halides is 1. The van der Waals surface area contributed by atoms with Gasteiger partial charge in [-0.1, -0.05) is 23.7 Å². The summed E-state index contributed by atoms with van der Waals surface area (Å²) in [5.41, 5.74) is 5.99. The van der Waals surface area contributed by atoms with Crippen LogP contribution in [0, 0.1) is 5.82 Å². The second kappa shape index (κ2) is 10.1. The van der Waals surface area contributed by atoms with Crippen LogP contribution in [0.1, 0.15) is 25.7 Å². The summed E-state index contributed by atoms with van der Waals surface area (Å²) in [5, 5.41) is 5.51. The molecule has 3 aromatic heterocycles. The van der Waals surface area contributed by atoms with E-state index in [4.69, 9.17) is 27.1 Å². The number of fused-ring (bicyclic) bond motifs is 3. The van der Waals surface area contributed by atoms with Gasteiger partial charge in [0.15, 0.2) is 5.82 Å². The summed E-state index contributed by atoms with van der Waals surface area (Å²) < 4.78 is 37.1. The molecule has 0 amide bonds. The summed E-state index contributed by atoms with van der Waals surface area (Å²) in [7, 11) is 1.93. The Balaban J connectivity index is 1.36. The van der Waals surface area contributed by atoms with Crippen LogP contribution in [0.3, 0.4) is 0 Å². The Morgan fingerprint density at radius 1 is 1.27 bits per heavy atom. The highest BCUT2D eigenvalue weighted by Crippen LogP contribution is 2.41. The lowest BCUT2D eigenvalue weighted by atomic mass is 9.95. The molecule has 0 saturated carbocycles. The minimum absolute atomic E-state index is 0.0136. The maximum atomic E-state index is 16.5. The smallest absolute Gasteiger partial charge is 0.319 e. The van der Waals surface area contributed by atoms with Crippen molar-refractivity contribution in [2.24, 2.45) is 0 Å². The summed E-state index contributed by atoms with van der Waals surface area (Å²) in [6, 6.07) is 7.26. The van der Waals surface area contributed by atoms with Crippen molar-refractivity contribution in [3.63, 3.8) is 0 Å². The van der Waals surface area contributed by atoms with E-state index in [1.54, 1.807) is 24.4 Å². The number of pyridine rings is 2. The Kier molecular flexibility index (Phi) is 6.55. The van der Waals surface area contributed by atoms with Crippen molar-refractivity contribution >= 4 is 44.9 Å². The van der Waals surface area contributed by atoms with Gasteiger partial charge in [-0.3, -0.25) is 9.88 Å². The van der Waals surface area contributed by atoms with Crippen LogP contribution in [0.2, 0.25) is 5.02 Å². The molecule has 41 heavy (non-hydrogen) atoms. The summed E-state index contributed by atoms with van der Waals surface area (Å²) in [5.74, 6) is 0.0780. The van der Waals surface area contributed by atoms with Crippen molar-refractivity contribution in [3.8, 4) is 17.4 Å². The van der Waals surface area contributed by atoms with Crippen LogP contribution < -0.4 is 20.7 Å². The van der Waals surface area contributed by atoms with Gasteiger partial charge in [0.1, 0.15) is 41.3 Å². The van der Waals surface area contributed by atoms with Crippen molar-refractivity contribution < 1.29 is 13.5 Å². The van der Waals surface area contributed by atoms with Crippen molar-refractivity contribution in [2.75, 3.05) is 50.5 Å². The van der Waals surface area contributed by atoms with Gasteiger partial charge in [0, 0.05) is 44.2 Å². The fraction of sp³-hybridized carbons (Fsp3) is 0.448. The summed E-state index contributed by atoms with van der Waals surface area (Å²) in [6.07, 6.45) is 3.86. The molecule has 3 atom stereocenters. The molecule has 4 aromatic rings. The molecule has 0 radical (unpaired) electrons. The first-order valence-corrected chi connectivity index (χ1v) is 14.4. The zero-order valence-corrected chi connectivity index (χ0v) is 23.5. The Bertz CT molecular complexity index is 1650. The minimum atomic E-state index is -0.883. The molecular weight excluding hydrogens is 550 g/mol. The first-order chi connectivity index (χ1) is 19.8. The molecule has 3 saturated heterocycles. The molecule has 0 spiro atoms. The van der Waals surface area contributed by atoms with Gasteiger partial charge in [-0.25, -0.2) is 13.8 Å². The van der Waals surface area contributed by atoms with Crippen molar-refractivity contribution in [3.05, 3.63) is 41.3 Å². The predicted octanol–water partition coefficient (Wildman–Crippen LogP) is 4.37. The standard InChI is InChI=1S/C29H31ClF2N8O/c1-39(18-6-8-34-12-18)27-19-13-35-26(25-22-16(10-21(33)36-25)4-2-5-20(22)30)23(32)24(19)37-28(38-27)41-15-29-7-3-9-40(29)14-17(31)11-29/h2,4-5,10,13,17-18,34H,3,6-9,11-12,14-15H2,1H3,(H2,33,36)/t17-,18-,29+/m1/s1. The van der Waals surface area contributed by atoms with E-state index in [1.807, 2.05) is 18.0 Å². The maximum absolute atomic E-state index is 16.5. The van der Waals surface area contributed by atoms with Crippen LogP contribution in [-0.2, 0) is 0 Å². The van der Waals surface area contributed by atoms with Crippen molar-refractivity contribution in [1.82, 2.24) is 30.2 Å². The van der Waals surface area contributed by atoms with Gasteiger partial charge in [0.25, 0.3) is 0 Å². The SMILES string of the molecule is CN(c1nc(OC[C@@]23CCCN2C[C@H](F)C3)nc2c(F)c(-c3nc(N)cc4cccc(Cl)c34)ncc12)[C@@H]1CCNC1. The summed E-state index contributed by atoms with van der Waals surface area (Å²) in [4.78, 5) is 22.4. The Morgan fingerprint density at radius 2 is 2.15 bits per heavy atom. The van der Waals surface area contributed by atoms with Gasteiger partial charge < -0.3 is 20.7 Å². The zero-order chi connectivity index (χ0) is 28.3. The van der Waals surface area contributed by atoms with E-state index in [1.165, 1.54) is 0 Å². The van der Waals surface area contributed by atoms with E-state index in [2.05, 4.69) is 25.2 Å². The van der Waals surface area contributed by atoms with Gasteiger partial charge >= 0.3 is 6.01 Å². The second-order valence-electron chi connectivity index (χ2n) is 11.4. The van der Waals surface area contributed by atoms with Gasteiger partial charge in [0.2, 0.25) is 0 Å². The summed E-state index contributed by atoms with van der Waals surface area (Å²) >= 11 is 6.54. The number of aromatic nitrogens is 4. The monoisotopic (exact) mass is 580 g/mol. The third kappa shape index (κ3) is 4.50. The van der Waals surface area contributed by atoms with Crippen LogP contribution in [-0.4, -0.2) is 82.4 Å². The van der Waals surface area contributed by atoms with Crippen LogP contribution in [0.5, 0.6) is 6.01 Å². The Labute approximate surface area is 241 Å². The fourth-order valence-corrected chi connectivity index (χ4v) is 7.04. The molecule has 3 N–H and O–H groups in total. The molecule has 214 valence electrons. The number of likely N-dealkylation sites (N-methyl/N-ethyl adjacent to an activating group) is 1. The van der Waals surface area contributed by atoms with E-state index in [9.17, 15) is 4.39 Å². The van der Waals surface area contributed by atoms with Gasteiger partial charge in [-0.2, -0.15) is 9.97 Å². The number of benzene rings is 1. The third-order valence-electron chi connectivity index (χ3n) is 8.84. The summed E-state index contributed by atoms with van der Waals surface area (Å²) in [6.45, 7) is 3.16. The average Bonchev–Trinajstić information content (AvgIpc) is 3.68. The molecule has 3 aliphatic rings. The number of nitrogens with one attached hydrogen (secondary N) is 1. The molecule has 3 fully saturated rings. The van der Waals surface area contributed by atoms with E-state index in [0.29, 0.717) is 34.6 Å². The zero-order valence-electron chi connectivity index (χ0n) is 22.7. The lowest BCUT2D eigenvalue weighted by Gasteiger charge is -2.31. The highest BCUT2D eigenvalue weighted by molar-refractivity contribution is 6.36. The molecule has 0 bridgehead atoms. The van der Waals surface area contributed by atoms with E-state index < -0.39 is 12.0 Å².